The molecule has 1 aliphatic heterocycles. The minimum Gasteiger partial charge on any atom is -0.492 e. The molecule has 6 nitrogen and oxygen atoms in total. The SMILES string of the molecule is CCCCOc1cc(C)c(Cl)cc1S(=O)(=O)N1CCC(C(N)=O)CC1. The molecule has 0 atom stereocenters. The van der Waals surface area contributed by atoms with Crippen LogP contribution in [0.4, 0.5) is 0 Å². The smallest absolute Gasteiger partial charge is 0.246 e. The van der Waals surface area contributed by atoms with Gasteiger partial charge in [0.05, 0.1) is 6.61 Å². The summed E-state index contributed by atoms with van der Waals surface area (Å²) in [6, 6.07) is 3.12. The number of halogens is 1. The highest BCUT2D eigenvalue weighted by Crippen LogP contribution is 2.34. The number of piperidine rings is 1. The predicted molar refractivity (Wildman–Crippen MR) is 97.3 cm³/mol. The molecule has 0 unspecified atom stereocenters. The molecule has 0 bridgehead atoms. The van der Waals surface area contributed by atoms with Crippen molar-refractivity contribution in [1.82, 2.24) is 4.31 Å². The van der Waals surface area contributed by atoms with Crippen molar-refractivity contribution in [3.05, 3.63) is 22.7 Å². The quantitative estimate of drug-likeness (QED) is 0.727. The lowest BCUT2D eigenvalue weighted by molar-refractivity contribution is -0.122. The number of unbranched alkanes of at least 4 members (excludes halogenated alkanes) is 1. The molecule has 1 saturated heterocycles. The molecule has 0 radical (unpaired) electrons. The number of nitrogens with two attached hydrogens (primary N) is 1. The lowest BCUT2D eigenvalue weighted by atomic mass is 9.98. The van der Waals surface area contributed by atoms with Crippen LogP contribution in [0.3, 0.4) is 0 Å². The van der Waals surface area contributed by atoms with Gasteiger partial charge in [-0.25, -0.2) is 8.42 Å². The lowest BCUT2D eigenvalue weighted by Gasteiger charge is -2.30. The summed E-state index contributed by atoms with van der Waals surface area (Å²) in [5.74, 6) is -0.320. The first-order valence-corrected chi connectivity index (χ1v) is 10.3. The van der Waals surface area contributed by atoms with Crippen LogP contribution in [0.2, 0.25) is 5.02 Å². The van der Waals surface area contributed by atoms with Crippen LogP contribution in [0.5, 0.6) is 5.75 Å². The minimum absolute atomic E-state index is 0.0803. The molecule has 1 heterocycles. The van der Waals surface area contributed by atoms with E-state index in [2.05, 4.69) is 0 Å². The van der Waals surface area contributed by atoms with Crippen LogP contribution in [-0.4, -0.2) is 38.3 Å². The first-order valence-electron chi connectivity index (χ1n) is 8.49. The summed E-state index contributed by atoms with van der Waals surface area (Å²) in [6.45, 7) is 4.82. The zero-order valence-electron chi connectivity index (χ0n) is 14.6. The van der Waals surface area contributed by atoms with Gasteiger partial charge in [-0.3, -0.25) is 4.79 Å². The van der Waals surface area contributed by atoms with Gasteiger partial charge in [0, 0.05) is 24.0 Å². The summed E-state index contributed by atoms with van der Waals surface area (Å²) < 4.78 is 33.2. The summed E-state index contributed by atoms with van der Waals surface area (Å²) in [5, 5.41) is 0.383. The Bertz CT molecular complexity index is 728. The van der Waals surface area contributed by atoms with Gasteiger partial charge in [-0.1, -0.05) is 24.9 Å². The molecule has 1 amide bonds. The number of hydrogen-bond acceptors (Lipinski definition) is 4. The number of rotatable bonds is 7. The topological polar surface area (TPSA) is 89.7 Å². The van der Waals surface area contributed by atoms with E-state index in [1.54, 1.807) is 6.07 Å². The van der Waals surface area contributed by atoms with Crippen molar-refractivity contribution in [2.75, 3.05) is 19.7 Å². The molecule has 8 heteroatoms. The zero-order chi connectivity index (χ0) is 18.6. The van der Waals surface area contributed by atoms with Crippen LogP contribution >= 0.6 is 11.6 Å². The molecule has 1 fully saturated rings. The van der Waals surface area contributed by atoms with Crippen LogP contribution in [0.25, 0.3) is 0 Å². The minimum atomic E-state index is -3.75. The van der Waals surface area contributed by atoms with E-state index in [4.69, 9.17) is 22.1 Å². The van der Waals surface area contributed by atoms with E-state index in [1.165, 1.54) is 10.4 Å². The van der Waals surface area contributed by atoms with Gasteiger partial charge in [0.25, 0.3) is 0 Å². The summed E-state index contributed by atoms with van der Waals surface area (Å²) in [4.78, 5) is 11.4. The number of amides is 1. The normalized spacial score (nSPS) is 16.8. The third-order valence-corrected chi connectivity index (χ3v) is 6.78. The van der Waals surface area contributed by atoms with Crippen molar-refractivity contribution in [1.29, 1.82) is 0 Å². The standard InChI is InChI=1S/C17H25ClN2O4S/c1-3-4-9-24-15-10-12(2)14(18)11-16(15)25(22,23)20-7-5-13(6-8-20)17(19)21/h10-11,13H,3-9H2,1-2H3,(H2,19,21). The molecular weight excluding hydrogens is 364 g/mol. The van der Waals surface area contributed by atoms with E-state index in [-0.39, 0.29) is 29.8 Å². The highest BCUT2D eigenvalue weighted by atomic mass is 35.5. The fourth-order valence-corrected chi connectivity index (χ4v) is 4.63. The number of primary amides is 1. The van der Waals surface area contributed by atoms with Crippen molar-refractivity contribution < 1.29 is 17.9 Å². The molecule has 1 aliphatic rings. The van der Waals surface area contributed by atoms with Gasteiger partial charge in [-0.15, -0.1) is 0 Å². The number of benzene rings is 1. The highest BCUT2D eigenvalue weighted by molar-refractivity contribution is 7.89. The van der Waals surface area contributed by atoms with Crippen LogP contribution in [-0.2, 0) is 14.8 Å². The van der Waals surface area contributed by atoms with Crippen LogP contribution < -0.4 is 10.5 Å². The third kappa shape index (κ3) is 4.65. The second kappa shape index (κ2) is 8.38. The van der Waals surface area contributed by atoms with E-state index in [0.29, 0.717) is 30.2 Å². The average molecular weight is 389 g/mol. The van der Waals surface area contributed by atoms with Gasteiger partial charge in [0.15, 0.2) is 0 Å². The van der Waals surface area contributed by atoms with E-state index in [1.807, 2.05) is 13.8 Å². The van der Waals surface area contributed by atoms with Gasteiger partial charge < -0.3 is 10.5 Å². The van der Waals surface area contributed by atoms with Crippen molar-refractivity contribution in [2.24, 2.45) is 11.7 Å². The molecule has 140 valence electrons. The number of sulfonamides is 1. The number of carbonyl (C=O) groups is 1. The van der Waals surface area contributed by atoms with Crippen molar-refractivity contribution in [3.8, 4) is 5.75 Å². The summed E-state index contributed by atoms with van der Waals surface area (Å²) in [6.07, 6.45) is 2.65. The molecule has 2 N–H and O–H groups in total. The fraction of sp³-hybridized carbons (Fsp3) is 0.588. The molecule has 0 aromatic heterocycles. The molecular formula is C17H25ClN2O4S. The first-order chi connectivity index (χ1) is 11.8. The number of nitrogens with zero attached hydrogens (tertiary/aromatic N) is 1. The fourth-order valence-electron chi connectivity index (χ4n) is 2.80. The Kier molecular flexibility index (Phi) is 6.71. The molecule has 25 heavy (non-hydrogen) atoms. The molecule has 1 aromatic carbocycles. The lowest BCUT2D eigenvalue weighted by Crippen LogP contribution is -2.41. The van der Waals surface area contributed by atoms with Crippen LogP contribution in [0, 0.1) is 12.8 Å². The molecule has 2 rings (SSSR count). The van der Waals surface area contributed by atoms with Gasteiger partial charge in [0.2, 0.25) is 15.9 Å². The third-order valence-electron chi connectivity index (χ3n) is 4.45. The van der Waals surface area contributed by atoms with E-state index < -0.39 is 10.0 Å². The Morgan fingerprint density at radius 1 is 1.36 bits per heavy atom. The molecule has 0 saturated carbocycles. The van der Waals surface area contributed by atoms with E-state index >= 15 is 0 Å². The van der Waals surface area contributed by atoms with Gasteiger partial charge in [-0.2, -0.15) is 4.31 Å². The summed E-state index contributed by atoms with van der Waals surface area (Å²) in [7, 11) is -3.75. The zero-order valence-corrected chi connectivity index (χ0v) is 16.2. The maximum absolute atomic E-state index is 13.1. The van der Waals surface area contributed by atoms with Crippen LogP contribution in [0.1, 0.15) is 38.2 Å². The Hall–Kier alpha value is -1.31. The number of hydrogen-bond donors (Lipinski definition) is 1. The number of carbonyl (C=O) groups excluding carboxylic acids is 1. The average Bonchev–Trinajstić information content (AvgIpc) is 2.58. The molecule has 0 spiro atoms. The van der Waals surface area contributed by atoms with Crippen molar-refractivity contribution >= 4 is 27.5 Å². The number of aryl methyl sites for hydroxylation is 1. The maximum Gasteiger partial charge on any atom is 0.246 e. The van der Waals surface area contributed by atoms with Gasteiger partial charge in [0.1, 0.15) is 10.6 Å². The Labute approximate surface area is 154 Å². The van der Waals surface area contributed by atoms with Gasteiger partial charge in [-0.05, 0) is 43.9 Å². The highest BCUT2D eigenvalue weighted by Gasteiger charge is 2.33. The van der Waals surface area contributed by atoms with Crippen molar-refractivity contribution in [2.45, 2.75) is 44.4 Å². The van der Waals surface area contributed by atoms with E-state index in [0.717, 1.165) is 18.4 Å². The second-order valence-corrected chi connectivity index (χ2v) is 8.64. The number of ether oxygens (including phenoxy) is 1. The Balaban J connectivity index is 2.28. The molecule has 1 aromatic rings. The predicted octanol–water partition coefficient (Wildman–Crippen LogP) is 2.71. The second-order valence-electron chi connectivity index (χ2n) is 6.33. The summed E-state index contributed by atoms with van der Waals surface area (Å²) in [5.41, 5.74) is 6.08. The summed E-state index contributed by atoms with van der Waals surface area (Å²) >= 11 is 6.16. The van der Waals surface area contributed by atoms with Gasteiger partial charge >= 0.3 is 0 Å². The van der Waals surface area contributed by atoms with Crippen molar-refractivity contribution in [3.63, 3.8) is 0 Å². The Morgan fingerprint density at radius 2 is 2.00 bits per heavy atom. The maximum atomic E-state index is 13.1. The largest absolute Gasteiger partial charge is 0.492 e. The monoisotopic (exact) mass is 388 g/mol. The first kappa shape index (κ1) is 20.0. The van der Waals surface area contributed by atoms with Crippen LogP contribution in [0.15, 0.2) is 17.0 Å². The molecule has 0 aliphatic carbocycles. The Morgan fingerprint density at radius 3 is 2.56 bits per heavy atom. The van der Waals surface area contributed by atoms with E-state index in [9.17, 15) is 13.2 Å².